The molecule has 0 amide bonds. The number of aliphatic hydroxyl groups excluding tert-OH is 1. The molecule has 0 aliphatic heterocycles. The maximum absolute atomic E-state index is 10.1. The van der Waals surface area contributed by atoms with E-state index in [0.29, 0.717) is 0 Å². The lowest BCUT2D eigenvalue weighted by molar-refractivity contribution is 0.203. The van der Waals surface area contributed by atoms with Crippen molar-refractivity contribution in [2.45, 2.75) is 6.10 Å². The first kappa shape index (κ1) is 13.6. The van der Waals surface area contributed by atoms with Crippen LogP contribution in [0.5, 0.6) is 34.5 Å². The maximum atomic E-state index is 10.1. The minimum atomic E-state index is -1.78. The van der Waals surface area contributed by atoms with Crippen molar-refractivity contribution in [1.82, 2.24) is 0 Å². The van der Waals surface area contributed by atoms with E-state index in [9.17, 15) is 35.7 Å². The van der Waals surface area contributed by atoms with Gasteiger partial charge < -0.3 is 35.7 Å². The summed E-state index contributed by atoms with van der Waals surface area (Å²) in [6.07, 6.45) is -1.78. The number of phenols is 6. The van der Waals surface area contributed by atoms with Gasteiger partial charge in [-0.25, -0.2) is 0 Å². The van der Waals surface area contributed by atoms with Gasteiger partial charge in [-0.3, -0.25) is 0 Å². The lowest BCUT2D eigenvalue weighted by atomic mass is 9.98. The minimum absolute atomic E-state index is 0.348. The van der Waals surface area contributed by atoms with Crippen LogP contribution in [0.3, 0.4) is 0 Å². The van der Waals surface area contributed by atoms with Gasteiger partial charge in [0.2, 0.25) is 0 Å². The Labute approximate surface area is 112 Å². The Morgan fingerprint density at radius 3 is 1.95 bits per heavy atom. The first-order chi connectivity index (χ1) is 9.32. The minimum Gasteiger partial charge on any atom is -0.508 e. The molecule has 20 heavy (non-hydrogen) atoms. The molecule has 0 aliphatic carbocycles. The normalized spacial score (nSPS) is 12.2. The van der Waals surface area contributed by atoms with Crippen molar-refractivity contribution in [3.05, 3.63) is 35.4 Å². The molecule has 106 valence electrons. The van der Waals surface area contributed by atoms with Gasteiger partial charge in [-0.15, -0.1) is 0 Å². The molecule has 2 aromatic carbocycles. The van der Waals surface area contributed by atoms with Gasteiger partial charge >= 0.3 is 0 Å². The SMILES string of the molecule is Oc1cc(O)c(O)c(C(O)c2c(O)ccc(O)c2O)c1. The summed E-state index contributed by atoms with van der Waals surface area (Å²) in [4.78, 5) is 0. The van der Waals surface area contributed by atoms with Crippen molar-refractivity contribution in [2.75, 3.05) is 0 Å². The zero-order valence-electron chi connectivity index (χ0n) is 10.0. The van der Waals surface area contributed by atoms with Crippen molar-refractivity contribution in [3.8, 4) is 34.5 Å². The van der Waals surface area contributed by atoms with E-state index in [2.05, 4.69) is 0 Å². The Morgan fingerprint density at radius 2 is 1.30 bits per heavy atom. The Hall–Kier alpha value is -2.80. The number of hydrogen-bond donors (Lipinski definition) is 7. The summed E-state index contributed by atoms with van der Waals surface area (Å²) in [6.45, 7) is 0. The summed E-state index contributed by atoms with van der Waals surface area (Å²) in [7, 11) is 0. The summed E-state index contributed by atoms with van der Waals surface area (Å²) < 4.78 is 0. The van der Waals surface area contributed by atoms with Crippen LogP contribution in [-0.4, -0.2) is 35.7 Å². The molecule has 0 saturated carbocycles. The smallest absolute Gasteiger partial charge is 0.167 e. The summed E-state index contributed by atoms with van der Waals surface area (Å²) in [5.74, 6) is -3.74. The quantitative estimate of drug-likeness (QED) is 0.321. The van der Waals surface area contributed by atoms with Gasteiger partial charge in [-0.05, 0) is 18.2 Å². The molecule has 0 aromatic heterocycles. The molecule has 0 fully saturated rings. The summed E-state index contributed by atoms with van der Waals surface area (Å²) >= 11 is 0. The fourth-order valence-corrected chi connectivity index (χ4v) is 1.85. The highest BCUT2D eigenvalue weighted by Gasteiger charge is 2.25. The summed E-state index contributed by atoms with van der Waals surface area (Å²) in [6, 6.07) is 3.85. The van der Waals surface area contributed by atoms with Crippen molar-refractivity contribution in [1.29, 1.82) is 0 Å². The molecule has 0 radical (unpaired) electrons. The maximum Gasteiger partial charge on any atom is 0.167 e. The van der Waals surface area contributed by atoms with Crippen LogP contribution in [0.15, 0.2) is 24.3 Å². The fourth-order valence-electron chi connectivity index (χ4n) is 1.85. The lowest BCUT2D eigenvalue weighted by Crippen LogP contribution is -2.01. The number of rotatable bonds is 2. The Morgan fingerprint density at radius 1 is 0.700 bits per heavy atom. The predicted octanol–water partition coefficient (Wildman–Crippen LogP) is 1.00. The highest BCUT2D eigenvalue weighted by atomic mass is 16.3. The van der Waals surface area contributed by atoms with Gasteiger partial charge in [-0.2, -0.15) is 0 Å². The molecule has 0 heterocycles. The second-order valence-corrected chi connectivity index (χ2v) is 4.17. The van der Waals surface area contributed by atoms with Crippen LogP contribution in [0, 0.1) is 0 Å². The van der Waals surface area contributed by atoms with Gasteiger partial charge in [0.25, 0.3) is 0 Å². The van der Waals surface area contributed by atoms with Crippen molar-refractivity contribution in [3.63, 3.8) is 0 Å². The summed E-state index contributed by atoms with van der Waals surface area (Å²) in [5, 5.41) is 67.1. The predicted molar refractivity (Wildman–Crippen MR) is 66.9 cm³/mol. The van der Waals surface area contributed by atoms with E-state index in [-0.39, 0.29) is 5.56 Å². The molecule has 7 nitrogen and oxygen atoms in total. The molecule has 0 spiro atoms. The average Bonchev–Trinajstić information content (AvgIpc) is 2.38. The van der Waals surface area contributed by atoms with Crippen LogP contribution in [0.1, 0.15) is 17.2 Å². The highest BCUT2D eigenvalue weighted by molar-refractivity contribution is 5.59. The third-order valence-corrected chi connectivity index (χ3v) is 2.84. The molecular weight excluding hydrogens is 268 g/mol. The van der Waals surface area contributed by atoms with Crippen LogP contribution in [0.2, 0.25) is 0 Å². The standard InChI is InChI=1S/C13H12O7/c14-5-3-6(11(18)9(17)4-5)12(19)10-7(15)1-2-8(16)13(10)20/h1-4,12,14-20H. The number of aliphatic hydroxyl groups is 1. The van der Waals surface area contributed by atoms with E-state index in [1.807, 2.05) is 0 Å². The van der Waals surface area contributed by atoms with Crippen molar-refractivity contribution < 1.29 is 35.7 Å². The zero-order chi connectivity index (χ0) is 15.0. The molecule has 2 aromatic rings. The Balaban J connectivity index is 2.63. The second kappa shape index (κ2) is 4.71. The third kappa shape index (κ3) is 2.10. The van der Waals surface area contributed by atoms with Gasteiger partial charge in [-0.1, -0.05) is 0 Å². The molecule has 1 atom stereocenters. The first-order valence-corrected chi connectivity index (χ1v) is 5.49. The molecule has 7 N–H and O–H groups in total. The van der Waals surface area contributed by atoms with Crippen LogP contribution in [-0.2, 0) is 0 Å². The van der Waals surface area contributed by atoms with E-state index in [1.165, 1.54) is 0 Å². The molecule has 2 rings (SSSR count). The molecule has 0 bridgehead atoms. The summed E-state index contributed by atoms with van der Waals surface area (Å²) in [5.41, 5.74) is -0.816. The second-order valence-electron chi connectivity index (χ2n) is 4.17. The van der Waals surface area contributed by atoms with E-state index in [4.69, 9.17) is 0 Å². The number of phenolic OH excluding ortho intramolecular Hbond substituents is 6. The third-order valence-electron chi connectivity index (χ3n) is 2.84. The fraction of sp³-hybridized carbons (Fsp3) is 0.0769. The van der Waals surface area contributed by atoms with Crippen LogP contribution in [0.4, 0.5) is 0 Å². The monoisotopic (exact) mass is 280 g/mol. The van der Waals surface area contributed by atoms with Gasteiger partial charge in [0, 0.05) is 11.6 Å². The largest absolute Gasteiger partial charge is 0.508 e. The van der Waals surface area contributed by atoms with E-state index < -0.39 is 46.2 Å². The van der Waals surface area contributed by atoms with Crippen LogP contribution in [0.25, 0.3) is 0 Å². The van der Waals surface area contributed by atoms with Crippen LogP contribution < -0.4 is 0 Å². The van der Waals surface area contributed by atoms with Crippen molar-refractivity contribution in [2.24, 2.45) is 0 Å². The highest BCUT2D eigenvalue weighted by Crippen LogP contribution is 2.45. The Bertz CT molecular complexity index is 666. The number of hydrogen-bond acceptors (Lipinski definition) is 7. The van der Waals surface area contributed by atoms with E-state index in [1.54, 1.807) is 0 Å². The average molecular weight is 280 g/mol. The van der Waals surface area contributed by atoms with E-state index >= 15 is 0 Å². The molecule has 0 saturated heterocycles. The topological polar surface area (TPSA) is 142 Å². The van der Waals surface area contributed by atoms with Crippen molar-refractivity contribution >= 4 is 0 Å². The zero-order valence-corrected chi connectivity index (χ0v) is 10.0. The molecule has 7 heteroatoms. The van der Waals surface area contributed by atoms with Gasteiger partial charge in [0.15, 0.2) is 23.0 Å². The van der Waals surface area contributed by atoms with Crippen LogP contribution >= 0.6 is 0 Å². The van der Waals surface area contributed by atoms with Gasteiger partial charge in [0.05, 0.1) is 5.56 Å². The molecule has 1 unspecified atom stereocenters. The first-order valence-electron chi connectivity index (χ1n) is 5.49. The van der Waals surface area contributed by atoms with E-state index in [0.717, 1.165) is 24.3 Å². The molecular formula is C13H12O7. The number of aromatic hydroxyl groups is 6. The number of benzene rings is 2. The Kier molecular flexibility index (Phi) is 3.21. The molecule has 0 aliphatic rings. The van der Waals surface area contributed by atoms with Gasteiger partial charge in [0.1, 0.15) is 17.6 Å². The lowest BCUT2D eigenvalue weighted by Gasteiger charge is -2.17.